The highest BCUT2D eigenvalue weighted by Crippen LogP contribution is 2.22. The molecule has 15 heavy (non-hydrogen) atoms. The molecule has 1 fully saturated rings. The van der Waals surface area contributed by atoms with Gasteiger partial charge in [-0.2, -0.15) is 0 Å². The number of aliphatic hydroxyl groups is 1. The van der Waals surface area contributed by atoms with Crippen molar-refractivity contribution in [2.24, 2.45) is 5.92 Å². The number of carbonyl (C=O) groups excluding carboxylic acids is 1. The maximum absolute atomic E-state index is 11.7. The Hall–Kier alpha value is -0.570. The number of aliphatic hydroxyl groups excluding tert-OH is 1. The Morgan fingerprint density at radius 3 is 2.47 bits per heavy atom. The zero-order chi connectivity index (χ0) is 11.1. The van der Waals surface area contributed by atoms with Gasteiger partial charge < -0.3 is 10.4 Å². The Morgan fingerprint density at radius 2 is 1.93 bits per heavy atom. The fourth-order valence-corrected chi connectivity index (χ4v) is 2.05. The topological polar surface area (TPSA) is 49.3 Å². The molecular formula is C12H23NO2. The zero-order valence-electron chi connectivity index (χ0n) is 9.67. The molecule has 88 valence electrons. The number of amides is 1. The molecule has 1 unspecified atom stereocenters. The molecule has 0 bridgehead atoms. The van der Waals surface area contributed by atoms with Gasteiger partial charge in [-0.3, -0.25) is 4.79 Å². The molecule has 0 aromatic carbocycles. The largest absolute Gasteiger partial charge is 0.391 e. The first-order valence-electron chi connectivity index (χ1n) is 6.19. The van der Waals surface area contributed by atoms with E-state index in [1.54, 1.807) is 0 Å². The molecule has 1 amide bonds. The molecule has 1 rings (SSSR count). The van der Waals surface area contributed by atoms with Gasteiger partial charge in [-0.15, -0.1) is 0 Å². The molecule has 0 saturated heterocycles. The molecule has 0 heterocycles. The van der Waals surface area contributed by atoms with Crippen LogP contribution in [0.4, 0.5) is 0 Å². The first-order valence-corrected chi connectivity index (χ1v) is 6.19. The molecule has 0 aromatic rings. The summed E-state index contributed by atoms with van der Waals surface area (Å²) in [6.07, 6.45) is 7.23. The Kier molecular flexibility index (Phi) is 5.69. The van der Waals surface area contributed by atoms with Crippen LogP contribution in [-0.2, 0) is 4.79 Å². The summed E-state index contributed by atoms with van der Waals surface area (Å²) in [5.41, 5.74) is 0. The molecule has 0 spiro atoms. The van der Waals surface area contributed by atoms with Gasteiger partial charge in [-0.25, -0.2) is 0 Å². The van der Waals surface area contributed by atoms with E-state index in [1.807, 2.05) is 6.92 Å². The number of rotatable bonds is 4. The van der Waals surface area contributed by atoms with Gasteiger partial charge in [0, 0.05) is 12.5 Å². The van der Waals surface area contributed by atoms with E-state index in [0.29, 0.717) is 13.0 Å². The summed E-state index contributed by atoms with van der Waals surface area (Å²) in [6, 6.07) is 0. The predicted octanol–water partition coefficient (Wildman–Crippen LogP) is 1.84. The van der Waals surface area contributed by atoms with Crippen molar-refractivity contribution < 1.29 is 9.90 Å². The maximum atomic E-state index is 11.7. The van der Waals surface area contributed by atoms with Gasteiger partial charge in [-0.1, -0.05) is 32.6 Å². The molecule has 3 nitrogen and oxygen atoms in total. The minimum Gasteiger partial charge on any atom is -0.391 e. The number of hydrogen-bond acceptors (Lipinski definition) is 2. The van der Waals surface area contributed by atoms with Gasteiger partial charge in [0.25, 0.3) is 0 Å². The molecule has 1 atom stereocenters. The van der Waals surface area contributed by atoms with Gasteiger partial charge in [0.05, 0.1) is 6.10 Å². The molecule has 0 aliphatic heterocycles. The monoisotopic (exact) mass is 213 g/mol. The van der Waals surface area contributed by atoms with Crippen molar-refractivity contribution in [1.29, 1.82) is 0 Å². The van der Waals surface area contributed by atoms with Gasteiger partial charge in [0.2, 0.25) is 5.91 Å². The summed E-state index contributed by atoms with van der Waals surface area (Å²) in [6.45, 7) is 2.33. The summed E-state index contributed by atoms with van der Waals surface area (Å²) >= 11 is 0. The molecule has 0 aromatic heterocycles. The Morgan fingerprint density at radius 1 is 1.33 bits per heavy atom. The van der Waals surface area contributed by atoms with Crippen LogP contribution in [-0.4, -0.2) is 23.7 Å². The lowest BCUT2D eigenvalue weighted by molar-refractivity contribution is -0.125. The lowest BCUT2D eigenvalue weighted by atomic mass is 9.99. The van der Waals surface area contributed by atoms with E-state index < -0.39 is 0 Å². The maximum Gasteiger partial charge on any atom is 0.223 e. The van der Waals surface area contributed by atoms with Gasteiger partial charge in [-0.05, 0) is 19.3 Å². The van der Waals surface area contributed by atoms with Crippen LogP contribution in [0.2, 0.25) is 0 Å². The van der Waals surface area contributed by atoms with Crippen molar-refractivity contribution in [2.45, 2.75) is 58.0 Å². The highest BCUT2D eigenvalue weighted by Gasteiger charge is 2.19. The summed E-state index contributed by atoms with van der Waals surface area (Å²) in [5, 5.41) is 12.2. The summed E-state index contributed by atoms with van der Waals surface area (Å²) in [5.74, 6) is 0.334. The third-order valence-corrected chi connectivity index (χ3v) is 3.21. The minimum atomic E-state index is -0.389. The molecule has 3 heteroatoms. The van der Waals surface area contributed by atoms with Crippen LogP contribution in [0.3, 0.4) is 0 Å². The van der Waals surface area contributed by atoms with Crippen molar-refractivity contribution in [1.82, 2.24) is 5.32 Å². The van der Waals surface area contributed by atoms with Crippen molar-refractivity contribution >= 4 is 5.91 Å². The summed E-state index contributed by atoms with van der Waals surface area (Å²) < 4.78 is 0. The van der Waals surface area contributed by atoms with Crippen molar-refractivity contribution in [3.8, 4) is 0 Å². The molecule has 1 aliphatic rings. The fourth-order valence-electron chi connectivity index (χ4n) is 2.05. The lowest BCUT2D eigenvalue weighted by Crippen LogP contribution is -2.36. The van der Waals surface area contributed by atoms with Gasteiger partial charge >= 0.3 is 0 Å². The van der Waals surface area contributed by atoms with Crippen LogP contribution >= 0.6 is 0 Å². The van der Waals surface area contributed by atoms with Gasteiger partial charge in [0.1, 0.15) is 0 Å². The van der Waals surface area contributed by atoms with E-state index in [9.17, 15) is 9.90 Å². The van der Waals surface area contributed by atoms with E-state index in [2.05, 4.69) is 5.32 Å². The highest BCUT2D eigenvalue weighted by atomic mass is 16.3. The second-order valence-electron chi connectivity index (χ2n) is 4.50. The molecule has 1 aliphatic carbocycles. The Bertz CT molecular complexity index is 186. The molecule has 2 N–H and O–H groups in total. The summed E-state index contributed by atoms with van der Waals surface area (Å²) in [7, 11) is 0. The van der Waals surface area contributed by atoms with E-state index in [-0.39, 0.29) is 17.9 Å². The SMILES string of the molecule is CCC(O)CNC(=O)C1CCCCCC1. The van der Waals surface area contributed by atoms with E-state index in [4.69, 9.17) is 0 Å². The molecule has 1 saturated carbocycles. The third-order valence-electron chi connectivity index (χ3n) is 3.21. The second kappa shape index (κ2) is 6.83. The average molecular weight is 213 g/mol. The standard InChI is InChI=1S/C12H23NO2/c1-2-11(14)9-13-12(15)10-7-5-3-4-6-8-10/h10-11,14H,2-9H2,1H3,(H,13,15). The normalized spacial score (nSPS) is 20.7. The molecule has 0 radical (unpaired) electrons. The first-order chi connectivity index (χ1) is 7.24. The van der Waals surface area contributed by atoms with Crippen LogP contribution in [0.1, 0.15) is 51.9 Å². The van der Waals surface area contributed by atoms with E-state index in [0.717, 1.165) is 12.8 Å². The van der Waals surface area contributed by atoms with Crippen LogP contribution in [0.25, 0.3) is 0 Å². The molecular weight excluding hydrogens is 190 g/mol. The first kappa shape index (κ1) is 12.5. The van der Waals surface area contributed by atoms with Crippen LogP contribution < -0.4 is 5.32 Å². The van der Waals surface area contributed by atoms with Crippen molar-refractivity contribution in [2.75, 3.05) is 6.54 Å². The number of hydrogen-bond donors (Lipinski definition) is 2. The number of carbonyl (C=O) groups is 1. The lowest BCUT2D eigenvalue weighted by Gasteiger charge is -2.15. The van der Waals surface area contributed by atoms with E-state index >= 15 is 0 Å². The average Bonchev–Trinajstić information content (AvgIpc) is 2.53. The van der Waals surface area contributed by atoms with Crippen LogP contribution in [0, 0.1) is 5.92 Å². The second-order valence-corrected chi connectivity index (χ2v) is 4.50. The summed E-state index contributed by atoms with van der Waals surface area (Å²) in [4.78, 5) is 11.7. The van der Waals surface area contributed by atoms with E-state index in [1.165, 1.54) is 25.7 Å². The predicted molar refractivity (Wildman–Crippen MR) is 60.5 cm³/mol. The van der Waals surface area contributed by atoms with Crippen molar-refractivity contribution in [3.05, 3.63) is 0 Å². The highest BCUT2D eigenvalue weighted by molar-refractivity contribution is 5.78. The zero-order valence-corrected chi connectivity index (χ0v) is 9.67. The number of nitrogens with one attached hydrogen (secondary N) is 1. The Labute approximate surface area is 92.3 Å². The Balaban J connectivity index is 2.25. The van der Waals surface area contributed by atoms with Crippen molar-refractivity contribution in [3.63, 3.8) is 0 Å². The minimum absolute atomic E-state index is 0.143. The van der Waals surface area contributed by atoms with Gasteiger partial charge in [0.15, 0.2) is 0 Å². The van der Waals surface area contributed by atoms with Crippen LogP contribution in [0.15, 0.2) is 0 Å². The van der Waals surface area contributed by atoms with Crippen LogP contribution in [0.5, 0.6) is 0 Å². The fraction of sp³-hybridized carbons (Fsp3) is 0.917. The third kappa shape index (κ3) is 4.65. The smallest absolute Gasteiger partial charge is 0.223 e. The quantitative estimate of drug-likeness (QED) is 0.700.